The number of H-pyrrole nitrogens is 1. The number of aromatic amines is 1. The van der Waals surface area contributed by atoms with Crippen LogP contribution in [0, 0.1) is 6.92 Å². The first-order chi connectivity index (χ1) is 13.0. The van der Waals surface area contributed by atoms with Gasteiger partial charge in [0.15, 0.2) is 11.5 Å². The second-order valence-corrected chi connectivity index (χ2v) is 7.90. The van der Waals surface area contributed by atoms with Crippen molar-refractivity contribution < 1.29 is 14.3 Å². The number of pyridine rings is 1. The Balaban J connectivity index is 1.54. The number of halogens is 1. The molecular formula is C19H15BrN2O4S. The third-order valence-electron chi connectivity index (χ3n) is 4.19. The molecule has 0 atom stereocenters. The van der Waals surface area contributed by atoms with Crippen LogP contribution >= 0.6 is 27.7 Å². The summed E-state index contributed by atoms with van der Waals surface area (Å²) in [6, 6.07) is 10.9. The molecule has 4 rings (SSSR count). The van der Waals surface area contributed by atoms with E-state index >= 15 is 0 Å². The second kappa shape index (κ2) is 7.28. The van der Waals surface area contributed by atoms with E-state index in [1.54, 1.807) is 6.07 Å². The lowest BCUT2D eigenvalue weighted by atomic mass is 10.1. The summed E-state index contributed by atoms with van der Waals surface area (Å²) in [5.74, 6) is 1.23. The molecule has 138 valence electrons. The molecule has 2 heterocycles. The van der Waals surface area contributed by atoms with Crippen molar-refractivity contribution in [2.75, 3.05) is 17.9 Å². The zero-order valence-electron chi connectivity index (χ0n) is 14.3. The number of nitrogens with one attached hydrogen (secondary N) is 2. The van der Waals surface area contributed by atoms with E-state index in [0.717, 1.165) is 15.4 Å². The van der Waals surface area contributed by atoms with Crippen LogP contribution in [0.2, 0.25) is 0 Å². The largest absolute Gasteiger partial charge is 0.454 e. The van der Waals surface area contributed by atoms with Crippen LogP contribution < -0.4 is 20.3 Å². The lowest BCUT2D eigenvalue weighted by Gasteiger charge is -2.10. The van der Waals surface area contributed by atoms with Gasteiger partial charge in [0.05, 0.1) is 16.2 Å². The number of rotatable bonds is 4. The molecule has 1 aromatic heterocycles. The summed E-state index contributed by atoms with van der Waals surface area (Å²) in [5, 5.41) is 3.69. The number of carbonyl (C=O) groups excluding carboxylic acids is 1. The summed E-state index contributed by atoms with van der Waals surface area (Å²) < 4.78 is 11.7. The van der Waals surface area contributed by atoms with E-state index < -0.39 is 0 Å². The molecule has 0 spiro atoms. The van der Waals surface area contributed by atoms with Gasteiger partial charge in [0.25, 0.3) is 5.56 Å². The normalized spacial score (nSPS) is 12.4. The number of aromatic nitrogens is 1. The number of amides is 1. The molecule has 0 saturated heterocycles. The van der Waals surface area contributed by atoms with Crippen LogP contribution in [0.4, 0.5) is 5.69 Å². The topological polar surface area (TPSA) is 80.4 Å². The molecule has 0 unspecified atom stereocenters. The Morgan fingerprint density at radius 2 is 1.93 bits per heavy atom. The molecule has 0 fully saturated rings. The molecule has 1 aliphatic heterocycles. The number of hydrogen-bond acceptors (Lipinski definition) is 5. The lowest BCUT2D eigenvalue weighted by Crippen LogP contribution is -2.16. The maximum Gasteiger partial charge on any atom is 0.262 e. The number of anilines is 1. The predicted octanol–water partition coefficient (Wildman–Crippen LogP) is 4.06. The first kappa shape index (κ1) is 17.9. The number of benzene rings is 2. The molecule has 1 aliphatic rings. The van der Waals surface area contributed by atoms with Gasteiger partial charge in [-0.25, -0.2) is 0 Å². The van der Waals surface area contributed by atoms with Gasteiger partial charge in [-0.3, -0.25) is 9.59 Å². The number of carbonyl (C=O) groups is 1. The van der Waals surface area contributed by atoms with Crippen LogP contribution in [-0.2, 0) is 4.79 Å². The Morgan fingerprint density at radius 3 is 2.67 bits per heavy atom. The van der Waals surface area contributed by atoms with Crippen molar-refractivity contribution in [1.29, 1.82) is 0 Å². The molecule has 6 nitrogen and oxygen atoms in total. The molecule has 2 N–H and O–H groups in total. The summed E-state index contributed by atoms with van der Waals surface area (Å²) in [7, 11) is 0. The van der Waals surface area contributed by atoms with Crippen molar-refractivity contribution in [3.8, 4) is 11.5 Å². The Morgan fingerprint density at radius 1 is 1.22 bits per heavy atom. The molecule has 0 saturated carbocycles. The van der Waals surface area contributed by atoms with E-state index in [0.29, 0.717) is 27.6 Å². The highest BCUT2D eigenvalue weighted by molar-refractivity contribution is 9.10. The van der Waals surface area contributed by atoms with Crippen molar-refractivity contribution in [3.05, 3.63) is 56.8 Å². The van der Waals surface area contributed by atoms with Gasteiger partial charge in [-0.05, 0) is 42.8 Å². The molecular weight excluding hydrogens is 432 g/mol. The quantitative estimate of drug-likeness (QED) is 0.590. The van der Waals surface area contributed by atoms with Crippen molar-refractivity contribution in [3.63, 3.8) is 0 Å². The zero-order chi connectivity index (χ0) is 19.0. The monoisotopic (exact) mass is 446 g/mol. The predicted molar refractivity (Wildman–Crippen MR) is 109 cm³/mol. The SMILES string of the molecule is Cc1c(SCC(=O)Nc2ccc(Br)cc2)c(=O)[nH]c2cc3c(cc12)OCO3. The minimum atomic E-state index is -0.222. The van der Waals surface area contributed by atoms with E-state index in [2.05, 4.69) is 26.2 Å². The summed E-state index contributed by atoms with van der Waals surface area (Å²) in [4.78, 5) is 28.1. The van der Waals surface area contributed by atoms with Crippen LogP contribution in [0.25, 0.3) is 10.9 Å². The summed E-state index contributed by atoms with van der Waals surface area (Å²) in [6.45, 7) is 2.04. The average Bonchev–Trinajstić information content (AvgIpc) is 3.09. The molecule has 0 bridgehead atoms. The molecule has 0 radical (unpaired) electrons. The van der Waals surface area contributed by atoms with Crippen LogP contribution in [0.15, 0.2) is 50.6 Å². The number of hydrogen-bond donors (Lipinski definition) is 2. The third-order valence-corrected chi connectivity index (χ3v) is 5.90. The highest BCUT2D eigenvalue weighted by atomic mass is 79.9. The summed E-state index contributed by atoms with van der Waals surface area (Å²) >= 11 is 4.57. The first-order valence-electron chi connectivity index (χ1n) is 8.16. The highest BCUT2D eigenvalue weighted by Crippen LogP contribution is 2.37. The number of ether oxygens (including phenoxy) is 2. The fourth-order valence-corrected chi connectivity index (χ4v) is 3.99. The fourth-order valence-electron chi connectivity index (χ4n) is 2.87. The molecule has 2 aromatic carbocycles. The minimum Gasteiger partial charge on any atom is -0.454 e. The summed E-state index contributed by atoms with van der Waals surface area (Å²) in [5.41, 5.74) is 1.99. The van der Waals surface area contributed by atoms with Gasteiger partial charge in [0.1, 0.15) is 0 Å². The van der Waals surface area contributed by atoms with Crippen LogP contribution in [0.3, 0.4) is 0 Å². The highest BCUT2D eigenvalue weighted by Gasteiger charge is 2.18. The van der Waals surface area contributed by atoms with Gasteiger partial charge < -0.3 is 19.8 Å². The van der Waals surface area contributed by atoms with Gasteiger partial charge in [0.2, 0.25) is 12.7 Å². The molecule has 0 aliphatic carbocycles. The van der Waals surface area contributed by atoms with Gasteiger partial charge >= 0.3 is 0 Å². The second-order valence-electron chi connectivity index (χ2n) is 6.00. The maximum absolute atomic E-state index is 12.5. The maximum atomic E-state index is 12.5. The van der Waals surface area contributed by atoms with Crippen molar-refractivity contribution in [1.82, 2.24) is 4.98 Å². The van der Waals surface area contributed by atoms with Crippen LogP contribution in [0.1, 0.15) is 5.56 Å². The van der Waals surface area contributed by atoms with E-state index in [9.17, 15) is 9.59 Å². The number of thioether (sulfide) groups is 1. The van der Waals surface area contributed by atoms with Gasteiger partial charge in [0, 0.05) is 21.6 Å². The molecule has 27 heavy (non-hydrogen) atoms. The third kappa shape index (κ3) is 3.68. The van der Waals surface area contributed by atoms with Crippen LogP contribution in [0.5, 0.6) is 11.5 Å². The Labute approximate surface area is 167 Å². The Bertz CT molecular complexity index is 1100. The van der Waals surface area contributed by atoms with Gasteiger partial charge in [-0.1, -0.05) is 15.9 Å². The molecule has 1 amide bonds. The van der Waals surface area contributed by atoms with E-state index in [1.807, 2.05) is 37.3 Å². The number of aryl methyl sites for hydroxylation is 1. The number of fused-ring (bicyclic) bond motifs is 2. The minimum absolute atomic E-state index is 0.135. The van der Waals surface area contributed by atoms with E-state index in [1.165, 1.54) is 11.8 Å². The van der Waals surface area contributed by atoms with Crippen molar-refractivity contribution in [2.45, 2.75) is 11.8 Å². The standard InChI is InChI=1S/C19H15BrN2O4S/c1-10-13-6-15-16(26-9-25-15)7-14(13)22-19(24)18(10)27-8-17(23)21-12-4-2-11(20)3-5-12/h2-7H,8-9H2,1H3,(H,21,23)(H,22,24). The van der Waals surface area contributed by atoms with Crippen LogP contribution in [-0.4, -0.2) is 23.4 Å². The lowest BCUT2D eigenvalue weighted by molar-refractivity contribution is -0.113. The van der Waals surface area contributed by atoms with Crippen molar-refractivity contribution in [2.24, 2.45) is 0 Å². The fraction of sp³-hybridized carbons (Fsp3) is 0.158. The van der Waals surface area contributed by atoms with Crippen molar-refractivity contribution >= 4 is 50.2 Å². The first-order valence-corrected chi connectivity index (χ1v) is 9.93. The molecule has 3 aromatic rings. The molecule has 8 heteroatoms. The van der Waals surface area contributed by atoms with E-state index in [-0.39, 0.29) is 24.0 Å². The van der Waals surface area contributed by atoms with Gasteiger partial charge in [-0.2, -0.15) is 0 Å². The average molecular weight is 447 g/mol. The Hall–Kier alpha value is -2.45. The summed E-state index contributed by atoms with van der Waals surface area (Å²) in [6.07, 6.45) is 0. The van der Waals surface area contributed by atoms with E-state index in [4.69, 9.17) is 9.47 Å². The van der Waals surface area contributed by atoms with Gasteiger partial charge in [-0.15, -0.1) is 11.8 Å². The smallest absolute Gasteiger partial charge is 0.262 e. The zero-order valence-corrected chi connectivity index (χ0v) is 16.7. The Kier molecular flexibility index (Phi) is 4.84.